The van der Waals surface area contributed by atoms with Gasteiger partial charge in [-0.3, -0.25) is 0 Å². The number of unbranched alkanes of at least 4 members (excludes halogenated alkanes) is 1. The highest BCUT2D eigenvalue weighted by Gasteiger charge is 2.12. The highest BCUT2D eigenvalue weighted by atomic mass is 35.5. The van der Waals surface area contributed by atoms with Gasteiger partial charge in [-0.05, 0) is 68.8 Å². The van der Waals surface area contributed by atoms with Gasteiger partial charge in [-0.1, -0.05) is 72.8 Å². The maximum absolute atomic E-state index is 12.3. The number of esters is 1. The van der Waals surface area contributed by atoms with Gasteiger partial charge < -0.3 is 4.74 Å². The predicted molar refractivity (Wildman–Crippen MR) is 129 cm³/mol. The summed E-state index contributed by atoms with van der Waals surface area (Å²) in [6.45, 7) is 0.418. The van der Waals surface area contributed by atoms with Crippen molar-refractivity contribution in [1.29, 1.82) is 0 Å². The van der Waals surface area contributed by atoms with Crippen LogP contribution in [0.25, 0.3) is 32.3 Å². The van der Waals surface area contributed by atoms with Gasteiger partial charge in [0, 0.05) is 5.88 Å². The third-order valence-corrected chi connectivity index (χ3v) is 6.36. The molecule has 2 nitrogen and oxygen atoms in total. The van der Waals surface area contributed by atoms with E-state index in [0.29, 0.717) is 18.1 Å². The van der Waals surface area contributed by atoms with Crippen LogP contribution in [0.15, 0.2) is 78.9 Å². The minimum Gasteiger partial charge on any atom is -0.462 e. The molecule has 0 heterocycles. The number of halogens is 1. The summed E-state index contributed by atoms with van der Waals surface area (Å²) < 4.78 is 5.49. The van der Waals surface area contributed by atoms with Crippen LogP contribution in [0.5, 0.6) is 0 Å². The number of carbonyl (C=O) groups is 1. The highest BCUT2D eigenvalue weighted by Crippen LogP contribution is 2.36. The molecular weight excluding hydrogens is 404 g/mol. The molecule has 3 heteroatoms. The fourth-order valence-corrected chi connectivity index (χ4v) is 4.74. The first-order chi connectivity index (χ1) is 15.3. The molecule has 0 aliphatic rings. The van der Waals surface area contributed by atoms with Gasteiger partial charge in [-0.25, -0.2) is 4.79 Å². The van der Waals surface area contributed by atoms with Crippen LogP contribution in [0.4, 0.5) is 0 Å². The molecule has 0 aliphatic heterocycles. The van der Waals surface area contributed by atoms with Gasteiger partial charge in [0.05, 0.1) is 12.2 Å². The molecule has 154 valence electrons. The summed E-state index contributed by atoms with van der Waals surface area (Å²) >= 11 is 5.92. The molecule has 0 bridgehead atoms. The molecule has 0 saturated carbocycles. The number of ether oxygens (including phenoxy) is 1. The Labute approximate surface area is 186 Å². The van der Waals surface area contributed by atoms with Gasteiger partial charge in [-0.2, -0.15) is 0 Å². The van der Waals surface area contributed by atoms with Crippen LogP contribution in [0.1, 0.15) is 34.3 Å². The first-order valence-electron chi connectivity index (χ1n) is 10.7. The predicted octanol–water partition coefficient (Wildman–Crippen LogP) is 7.50. The Kier molecular flexibility index (Phi) is 5.48. The lowest BCUT2D eigenvalue weighted by atomic mass is 9.91. The largest absolute Gasteiger partial charge is 0.462 e. The lowest BCUT2D eigenvalue weighted by Gasteiger charge is -2.14. The zero-order valence-corrected chi connectivity index (χ0v) is 18.0. The van der Waals surface area contributed by atoms with E-state index in [9.17, 15) is 4.79 Å². The van der Waals surface area contributed by atoms with E-state index < -0.39 is 0 Å². The molecule has 0 atom stereocenters. The zero-order valence-electron chi connectivity index (χ0n) is 17.2. The highest BCUT2D eigenvalue weighted by molar-refractivity contribution is 6.23. The normalized spacial score (nSPS) is 11.5. The van der Waals surface area contributed by atoms with Crippen molar-refractivity contribution in [2.45, 2.75) is 25.1 Å². The molecule has 5 rings (SSSR count). The van der Waals surface area contributed by atoms with Crippen molar-refractivity contribution in [2.24, 2.45) is 0 Å². The first kappa shape index (κ1) is 19.8. The van der Waals surface area contributed by atoms with Crippen molar-refractivity contribution in [3.05, 3.63) is 95.6 Å². The molecule has 0 radical (unpaired) electrons. The van der Waals surface area contributed by atoms with Crippen molar-refractivity contribution in [1.82, 2.24) is 0 Å². The summed E-state index contributed by atoms with van der Waals surface area (Å²) in [5.74, 6) is 0.0129. The van der Waals surface area contributed by atoms with Gasteiger partial charge in [0.15, 0.2) is 0 Å². The van der Waals surface area contributed by atoms with Gasteiger partial charge in [0.2, 0.25) is 0 Å². The monoisotopic (exact) mass is 426 g/mol. The van der Waals surface area contributed by atoms with E-state index >= 15 is 0 Å². The van der Waals surface area contributed by atoms with Crippen LogP contribution in [0.3, 0.4) is 0 Å². The molecule has 0 spiro atoms. The summed E-state index contributed by atoms with van der Waals surface area (Å²) in [6, 6.07) is 27.2. The number of rotatable bonds is 7. The van der Waals surface area contributed by atoms with E-state index in [-0.39, 0.29) is 5.97 Å². The Morgan fingerprint density at radius 2 is 1.42 bits per heavy atom. The van der Waals surface area contributed by atoms with Crippen LogP contribution >= 0.6 is 11.6 Å². The van der Waals surface area contributed by atoms with Crippen LogP contribution in [0, 0.1) is 0 Å². The van der Waals surface area contributed by atoms with Gasteiger partial charge in [0.1, 0.15) is 0 Å². The van der Waals surface area contributed by atoms with E-state index in [2.05, 4.69) is 54.6 Å². The summed E-state index contributed by atoms with van der Waals surface area (Å²) in [5, 5.41) is 7.90. The van der Waals surface area contributed by atoms with E-state index in [4.69, 9.17) is 16.3 Å². The van der Waals surface area contributed by atoms with E-state index in [1.54, 1.807) is 6.07 Å². The van der Waals surface area contributed by atoms with Crippen molar-refractivity contribution in [3.8, 4) is 0 Å². The van der Waals surface area contributed by atoms with Crippen LogP contribution in [-0.4, -0.2) is 12.6 Å². The van der Waals surface area contributed by atoms with Crippen molar-refractivity contribution < 1.29 is 9.53 Å². The molecule has 0 fully saturated rings. The minimum atomic E-state index is -0.293. The molecule has 5 aromatic rings. The number of benzene rings is 5. The van der Waals surface area contributed by atoms with Gasteiger partial charge in [0.25, 0.3) is 0 Å². The number of hydrogen-bond acceptors (Lipinski definition) is 2. The quantitative estimate of drug-likeness (QED) is 0.116. The Bertz CT molecular complexity index is 1360. The van der Waals surface area contributed by atoms with Gasteiger partial charge >= 0.3 is 5.97 Å². The molecule has 0 N–H and O–H groups in total. The van der Waals surface area contributed by atoms with Crippen LogP contribution < -0.4 is 0 Å². The second-order valence-electron chi connectivity index (χ2n) is 7.96. The maximum Gasteiger partial charge on any atom is 0.338 e. The van der Waals surface area contributed by atoms with Gasteiger partial charge in [-0.15, -0.1) is 11.6 Å². The van der Waals surface area contributed by atoms with Crippen molar-refractivity contribution in [2.75, 3.05) is 6.61 Å². The average molecular weight is 427 g/mol. The Morgan fingerprint density at radius 1 is 0.710 bits per heavy atom. The second-order valence-corrected chi connectivity index (χ2v) is 8.23. The summed E-state index contributed by atoms with van der Waals surface area (Å²) in [4.78, 5) is 12.3. The maximum atomic E-state index is 12.3. The third-order valence-electron chi connectivity index (χ3n) is 6.07. The standard InChI is InChI=1S/C28H23ClO2/c29-18-23-7-1-2-10-25(23)28(30)31-17-4-3-6-19-11-12-22-14-13-20-8-5-9-21-15-16-24(19)27(22)26(20)21/h1-2,5,7-16H,3-4,6,17-18H2. The third kappa shape index (κ3) is 3.73. The lowest BCUT2D eigenvalue weighted by molar-refractivity contribution is 0.0497. The topological polar surface area (TPSA) is 26.3 Å². The first-order valence-corrected chi connectivity index (χ1v) is 11.3. The number of aryl methyl sites for hydroxylation is 1. The molecule has 0 aliphatic carbocycles. The molecule has 0 amide bonds. The molecule has 0 aromatic heterocycles. The number of carbonyl (C=O) groups excluding carboxylic acids is 1. The molecule has 0 unspecified atom stereocenters. The Balaban J connectivity index is 1.28. The summed E-state index contributed by atoms with van der Waals surface area (Å²) in [5.41, 5.74) is 2.72. The fraction of sp³-hybridized carbons (Fsp3) is 0.179. The smallest absolute Gasteiger partial charge is 0.338 e. The number of hydrogen-bond donors (Lipinski definition) is 0. The molecular formula is C28H23ClO2. The number of alkyl halides is 1. The summed E-state index contributed by atoms with van der Waals surface area (Å²) in [7, 11) is 0. The lowest BCUT2D eigenvalue weighted by Crippen LogP contribution is -2.09. The van der Waals surface area contributed by atoms with E-state index in [1.165, 1.54) is 37.9 Å². The SMILES string of the molecule is O=C(OCCCCc1ccc2ccc3cccc4ccc1c2c34)c1ccccc1CCl. The van der Waals surface area contributed by atoms with Crippen LogP contribution in [-0.2, 0) is 17.0 Å². The van der Waals surface area contributed by atoms with Crippen LogP contribution in [0.2, 0.25) is 0 Å². The van der Waals surface area contributed by atoms with E-state index in [1.807, 2.05) is 18.2 Å². The minimum absolute atomic E-state index is 0.293. The summed E-state index contributed by atoms with van der Waals surface area (Å²) in [6.07, 6.45) is 2.76. The zero-order chi connectivity index (χ0) is 21.2. The second kappa shape index (κ2) is 8.56. The van der Waals surface area contributed by atoms with Crippen molar-refractivity contribution in [3.63, 3.8) is 0 Å². The molecule has 31 heavy (non-hydrogen) atoms. The molecule has 5 aromatic carbocycles. The molecule has 0 saturated heterocycles. The Morgan fingerprint density at radius 3 is 2.23 bits per heavy atom. The van der Waals surface area contributed by atoms with Crippen molar-refractivity contribution >= 4 is 49.9 Å². The average Bonchev–Trinajstić information content (AvgIpc) is 2.82. The fourth-order valence-electron chi connectivity index (χ4n) is 4.51. The Hall–Kier alpha value is -3.10. The van der Waals surface area contributed by atoms with E-state index in [0.717, 1.165) is 24.8 Å².